The molecule has 3 nitrogen and oxygen atoms in total. The molecule has 1 atom stereocenters. The molecule has 1 aliphatic carbocycles. The number of rotatable bonds is 3. The molecule has 0 saturated carbocycles. The molecule has 0 spiro atoms. The number of carbonyl (C=O) groups excluding carboxylic acids is 1. The maximum absolute atomic E-state index is 12.4. The molecule has 0 fully saturated rings. The topological polar surface area (TPSA) is 40.5 Å². The Morgan fingerprint density at radius 3 is 2.63 bits per heavy atom. The van der Waals surface area contributed by atoms with E-state index >= 15 is 0 Å². The van der Waals surface area contributed by atoms with Gasteiger partial charge in [-0.2, -0.15) is 0 Å². The molecule has 2 rings (SSSR count). The fraction of sp³-hybridized carbons (Fsp3) is 0.562. The van der Waals surface area contributed by atoms with Gasteiger partial charge >= 0.3 is 0 Å². The number of likely N-dealkylation sites (N-methyl/N-ethyl adjacent to an activating group) is 1. The number of benzene rings is 1. The molecule has 1 aromatic rings. The van der Waals surface area contributed by atoms with Crippen LogP contribution in [-0.4, -0.2) is 35.1 Å². The number of fused-ring (bicyclic) bond motifs is 1. The number of amides is 1. The molecule has 1 aliphatic rings. The summed E-state index contributed by atoms with van der Waals surface area (Å²) < 4.78 is 0. The molecule has 0 heterocycles. The maximum Gasteiger partial charge on any atom is 0.225 e. The molecule has 0 saturated heterocycles. The predicted octanol–water partition coefficient (Wildman–Crippen LogP) is 2.02. The van der Waals surface area contributed by atoms with E-state index in [1.165, 1.54) is 11.1 Å². The van der Waals surface area contributed by atoms with Gasteiger partial charge in [-0.1, -0.05) is 24.3 Å². The Morgan fingerprint density at radius 1 is 1.37 bits per heavy atom. The zero-order valence-corrected chi connectivity index (χ0v) is 12.0. The normalized spacial score (nSPS) is 18.8. The van der Waals surface area contributed by atoms with Crippen LogP contribution >= 0.6 is 0 Å². The Hall–Kier alpha value is -1.35. The zero-order valence-electron chi connectivity index (χ0n) is 12.0. The SMILES string of the molecule is CN(CC(C)(C)O)C(=O)C1CCc2ccccc2C1. The summed E-state index contributed by atoms with van der Waals surface area (Å²) in [6, 6.07) is 8.36. The molecule has 0 aliphatic heterocycles. The van der Waals surface area contributed by atoms with E-state index in [0.717, 1.165) is 19.3 Å². The molecule has 0 radical (unpaired) electrons. The van der Waals surface area contributed by atoms with Gasteiger partial charge in [0.05, 0.1) is 5.60 Å². The van der Waals surface area contributed by atoms with Gasteiger partial charge in [-0.05, 0) is 44.2 Å². The highest BCUT2D eigenvalue weighted by molar-refractivity contribution is 5.79. The van der Waals surface area contributed by atoms with Gasteiger partial charge in [0.1, 0.15) is 0 Å². The third-order valence-electron chi connectivity index (χ3n) is 3.70. The van der Waals surface area contributed by atoms with Crippen molar-refractivity contribution in [2.45, 2.75) is 38.7 Å². The molecule has 104 valence electrons. The molecular formula is C16H23NO2. The highest BCUT2D eigenvalue weighted by Gasteiger charge is 2.28. The zero-order chi connectivity index (χ0) is 14.0. The second-order valence-corrected chi connectivity index (χ2v) is 6.22. The minimum atomic E-state index is -0.836. The Morgan fingerprint density at radius 2 is 2.00 bits per heavy atom. The molecular weight excluding hydrogens is 238 g/mol. The Kier molecular flexibility index (Phi) is 3.95. The van der Waals surface area contributed by atoms with Gasteiger partial charge < -0.3 is 10.0 Å². The molecule has 19 heavy (non-hydrogen) atoms. The largest absolute Gasteiger partial charge is 0.389 e. The van der Waals surface area contributed by atoms with Crippen molar-refractivity contribution in [1.82, 2.24) is 4.90 Å². The predicted molar refractivity (Wildman–Crippen MR) is 75.9 cm³/mol. The third kappa shape index (κ3) is 3.57. The molecule has 3 heteroatoms. The quantitative estimate of drug-likeness (QED) is 0.904. The van der Waals surface area contributed by atoms with Gasteiger partial charge in [-0.3, -0.25) is 4.79 Å². The lowest BCUT2D eigenvalue weighted by Crippen LogP contribution is -2.43. The average Bonchev–Trinajstić information content (AvgIpc) is 2.35. The van der Waals surface area contributed by atoms with Crippen LogP contribution in [0.1, 0.15) is 31.4 Å². The molecule has 1 unspecified atom stereocenters. The fourth-order valence-corrected chi connectivity index (χ4v) is 2.88. The van der Waals surface area contributed by atoms with E-state index in [0.29, 0.717) is 6.54 Å². The van der Waals surface area contributed by atoms with E-state index in [9.17, 15) is 9.90 Å². The number of carbonyl (C=O) groups is 1. The van der Waals surface area contributed by atoms with Crippen LogP contribution in [0.4, 0.5) is 0 Å². The number of hydrogen-bond donors (Lipinski definition) is 1. The second kappa shape index (κ2) is 5.33. The first-order valence-electron chi connectivity index (χ1n) is 6.91. The van der Waals surface area contributed by atoms with Crippen LogP contribution in [0.5, 0.6) is 0 Å². The van der Waals surface area contributed by atoms with Gasteiger partial charge in [-0.25, -0.2) is 0 Å². The van der Waals surface area contributed by atoms with Crippen molar-refractivity contribution in [3.63, 3.8) is 0 Å². The Bertz CT molecular complexity index is 462. The van der Waals surface area contributed by atoms with Crippen LogP contribution in [0.2, 0.25) is 0 Å². The lowest BCUT2D eigenvalue weighted by atomic mass is 9.83. The van der Waals surface area contributed by atoms with Crippen molar-refractivity contribution >= 4 is 5.91 Å². The Balaban J connectivity index is 2.03. The Labute approximate surface area is 115 Å². The van der Waals surface area contributed by atoms with Gasteiger partial charge in [-0.15, -0.1) is 0 Å². The van der Waals surface area contributed by atoms with Crippen LogP contribution in [0.3, 0.4) is 0 Å². The third-order valence-corrected chi connectivity index (χ3v) is 3.70. The number of aryl methyl sites for hydroxylation is 1. The summed E-state index contributed by atoms with van der Waals surface area (Å²) >= 11 is 0. The summed E-state index contributed by atoms with van der Waals surface area (Å²) in [6.45, 7) is 3.84. The molecule has 1 aromatic carbocycles. The maximum atomic E-state index is 12.4. The fourth-order valence-electron chi connectivity index (χ4n) is 2.88. The number of hydrogen-bond acceptors (Lipinski definition) is 2. The van der Waals surface area contributed by atoms with Crippen LogP contribution in [0.25, 0.3) is 0 Å². The summed E-state index contributed by atoms with van der Waals surface area (Å²) in [5.41, 5.74) is 1.83. The van der Waals surface area contributed by atoms with Crippen LogP contribution in [0.15, 0.2) is 24.3 Å². The van der Waals surface area contributed by atoms with Crippen molar-refractivity contribution in [3.8, 4) is 0 Å². The van der Waals surface area contributed by atoms with E-state index in [-0.39, 0.29) is 11.8 Å². The highest BCUT2D eigenvalue weighted by Crippen LogP contribution is 2.26. The minimum absolute atomic E-state index is 0.0576. The summed E-state index contributed by atoms with van der Waals surface area (Å²) in [6.07, 6.45) is 2.71. The van der Waals surface area contributed by atoms with E-state index in [1.54, 1.807) is 25.8 Å². The smallest absolute Gasteiger partial charge is 0.225 e. The molecule has 1 amide bonds. The number of aliphatic hydroxyl groups is 1. The summed E-state index contributed by atoms with van der Waals surface area (Å²) in [5, 5.41) is 9.80. The summed E-state index contributed by atoms with van der Waals surface area (Å²) in [7, 11) is 1.78. The monoisotopic (exact) mass is 261 g/mol. The van der Waals surface area contributed by atoms with Crippen LogP contribution in [-0.2, 0) is 17.6 Å². The lowest BCUT2D eigenvalue weighted by Gasteiger charge is -2.31. The summed E-state index contributed by atoms with van der Waals surface area (Å²) in [4.78, 5) is 14.1. The van der Waals surface area contributed by atoms with Crippen LogP contribution in [0, 0.1) is 5.92 Å². The van der Waals surface area contributed by atoms with E-state index in [4.69, 9.17) is 0 Å². The van der Waals surface area contributed by atoms with Crippen molar-refractivity contribution in [3.05, 3.63) is 35.4 Å². The average molecular weight is 261 g/mol. The molecule has 0 aromatic heterocycles. The number of nitrogens with zero attached hydrogens (tertiary/aromatic N) is 1. The first kappa shape index (κ1) is 14.1. The van der Waals surface area contributed by atoms with Crippen LogP contribution < -0.4 is 0 Å². The summed E-state index contributed by atoms with van der Waals surface area (Å²) in [5.74, 6) is 0.207. The van der Waals surface area contributed by atoms with Crippen molar-refractivity contribution in [1.29, 1.82) is 0 Å². The molecule has 1 N–H and O–H groups in total. The first-order chi connectivity index (χ1) is 8.87. The van der Waals surface area contributed by atoms with Gasteiger partial charge in [0.25, 0.3) is 0 Å². The van der Waals surface area contributed by atoms with Gasteiger partial charge in [0.2, 0.25) is 5.91 Å². The van der Waals surface area contributed by atoms with Crippen molar-refractivity contribution in [2.75, 3.05) is 13.6 Å². The van der Waals surface area contributed by atoms with Gasteiger partial charge in [0, 0.05) is 19.5 Å². The van der Waals surface area contributed by atoms with E-state index in [2.05, 4.69) is 18.2 Å². The van der Waals surface area contributed by atoms with Crippen molar-refractivity contribution < 1.29 is 9.90 Å². The molecule has 0 bridgehead atoms. The standard InChI is InChI=1S/C16H23NO2/c1-16(2,19)11-17(3)15(18)14-9-8-12-6-4-5-7-13(12)10-14/h4-7,14,19H,8-11H2,1-3H3. The highest BCUT2D eigenvalue weighted by atomic mass is 16.3. The van der Waals surface area contributed by atoms with Gasteiger partial charge in [0.15, 0.2) is 0 Å². The minimum Gasteiger partial charge on any atom is -0.389 e. The first-order valence-corrected chi connectivity index (χ1v) is 6.91. The van der Waals surface area contributed by atoms with E-state index < -0.39 is 5.60 Å². The second-order valence-electron chi connectivity index (χ2n) is 6.22. The van der Waals surface area contributed by atoms with E-state index in [1.807, 2.05) is 6.07 Å². The van der Waals surface area contributed by atoms with Crippen molar-refractivity contribution in [2.24, 2.45) is 5.92 Å². The lowest BCUT2D eigenvalue weighted by molar-refractivity contribution is -0.137.